The molecule has 0 fully saturated rings. The lowest BCUT2D eigenvalue weighted by Gasteiger charge is -2.24. The molecule has 0 aromatic heterocycles. The van der Waals surface area contributed by atoms with Crippen LogP contribution in [0.2, 0.25) is 0 Å². The van der Waals surface area contributed by atoms with E-state index in [1.165, 1.54) is 22.4 Å². The van der Waals surface area contributed by atoms with Gasteiger partial charge >= 0.3 is 0 Å². The summed E-state index contributed by atoms with van der Waals surface area (Å²) in [6, 6.07) is 14.7. The van der Waals surface area contributed by atoms with E-state index in [1.54, 1.807) is 7.11 Å². The number of para-hydroxylation sites is 1. The third-order valence-electron chi connectivity index (χ3n) is 5.04. The zero-order valence-corrected chi connectivity index (χ0v) is 17.2. The van der Waals surface area contributed by atoms with Crippen LogP contribution in [0, 0.1) is 0 Å². The van der Waals surface area contributed by atoms with E-state index in [9.17, 15) is 4.79 Å². The smallest absolute Gasteiger partial charge is 0.136 e. The number of carbonyl (C=O) groups excluding carboxylic acids is 1. The fraction of sp³-hybridized carbons (Fsp3) is 0.435. The van der Waals surface area contributed by atoms with Crippen LogP contribution < -0.4 is 15.0 Å². The predicted octanol–water partition coefficient (Wildman–Crippen LogP) is 4.17. The van der Waals surface area contributed by atoms with Crippen LogP contribution in [-0.4, -0.2) is 33.5 Å². The molecule has 0 aliphatic rings. The second-order valence-electron chi connectivity index (χ2n) is 7.28. The van der Waals surface area contributed by atoms with Gasteiger partial charge in [0, 0.05) is 24.8 Å². The highest BCUT2D eigenvalue weighted by atomic mass is 16.5. The topological polar surface area (TPSA) is 41.6 Å². The quantitative estimate of drug-likeness (QED) is 0.639. The molecule has 0 saturated heterocycles. The minimum atomic E-state index is -0.105. The van der Waals surface area contributed by atoms with Gasteiger partial charge in [-0.25, -0.2) is 0 Å². The molecular formula is C23H32N2O2. The molecule has 0 amide bonds. The highest BCUT2D eigenvalue weighted by Crippen LogP contribution is 2.28. The molecule has 27 heavy (non-hydrogen) atoms. The molecule has 1 N–H and O–H groups in total. The van der Waals surface area contributed by atoms with Crippen molar-refractivity contribution in [3.8, 4) is 5.75 Å². The molecule has 0 saturated carbocycles. The number of aryl methyl sites for hydroxylation is 1. The zero-order valence-electron chi connectivity index (χ0n) is 17.2. The number of likely N-dealkylation sites (N-methyl/N-ethyl adjacent to an activating group) is 1. The van der Waals surface area contributed by atoms with Gasteiger partial charge in [-0.3, -0.25) is 0 Å². The first-order valence-corrected chi connectivity index (χ1v) is 9.58. The number of benzene rings is 2. The van der Waals surface area contributed by atoms with Gasteiger partial charge in [0.1, 0.15) is 12.0 Å². The molecule has 2 rings (SSSR count). The van der Waals surface area contributed by atoms with Crippen molar-refractivity contribution in [3.05, 3.63) is 59.2 Å². The predicted molar refractivity (Wildman–Crippen MR) is 113 cm³/mol. The number of ether oxygens (including phenoxy) is 1. The number of hydrogen-bond acceptors (Lipinski definition) is 4. The number of methoxy groups -OCH3 is 1. The maximum absolute atomic E-state index is 11.1. The van der Waals surface area contributed by atoms with Crippen molar-refractivity contribution in [2.45, 2.75) is 45.2 Å². The highest BCUT2D eigenvalue weighted by Gasteiger charge is 2.13. The monoisotopic (exact) mass is 368 g/mol. The summed E-state index contributed by atoms with van der Waals surface area (Å²) >= 11 is 0. The molecule has 0 aliphatic carbocycles. The molecule has 0 heterocycles. The minimum Gasteiger partial charge on any atom is -0.496 e. The standard InChI is InChI=1S/C23H32N2O2/c1-17(2)19-11-13-23(27-5)20(14-19)15-25(4)22-9-7-6-8-18(22)10-12-21(16-26)24-3/h6-9,11,13-14,16-17,21,24H,10,12,15H2,1-5H3. The van der Waals surface area contributed by atoms with Crippen molar-refractivity contribution >= 4 is 12.0 Å². The fourth-order valence-electron chi connectivity index (χ4n) is 3.31. The number of hydrogen-bond donors (Lipinski definition) is 1. The lowest BCUT2D eigenvalue weighted by molar-refractivity contribution is -0.109. The van der Waals surface area contributed by atoms with Crippen molar-refractivity contribution in [3.63, 3.8) is 0 Å². The summed E-state index contributed by atoms with van der Waals surface area (Å²) in [5, 5.41) is 3.04. The molecule has 2 aromatic rings. The maximum atomic E-state index is 11.1. The number of rotatable bonds is 10. The molecule has 0 radical (unpaired) electrons. The average molecular weight is 369 g/mol. The first-order chi connectivity index (χ1) is 13.0. The van der Waals surface area contributed by atoms with E-state index in [-0.39, 0.29) is 6.04 Å². The summed E-state index contributed by atoms with van der Waals surface area (Å²) in [6.07, 6.45) is 2.62. The Morgan fingerprint density at radius 1 is 1.15 bits per heavy atom. The SMILES string of the molecule is CNC(C=O)CCc1ccccc1N(C)Cc1cc(C(C)C)ccc1OC. The van der Waals surface area contributed by atoms with E-state index in [4.69, 9.17) is 4.74 Å². The van der Waals surface area contributed by atoms with Gasteiger partial charge in [0.15, 0.2) is 0 Å². The van der Waals surface area contributed by atoms with Crippen molar-refractivity contribution in [1.29, 1.82) is 0 Å². The summed E-state index contributed by atoms with van der Waals surface area (Å²) < 4.78 is 5.58. The first-order valence-electron chi connectivity index (χ1n) is 9.58. The fourth-order valence-corrected chi connectivity index (χ4v) is 3.31. The number of aldehydes is 1. The van der Waals surface area contributed by atoms with Crippen LogP contribution in [0.5, 0.6) is 5.75 Å². The van der Waals surface area contributed by atoms with Gasteiger partial charge in [-0.1, -0.05) is 44.2 Å². The summed E-state index contributed by atoms with van der Waals surface area (Å²) in [5.74, 6) is 1.40. The Balaban J connectivity index is 2.22. The second kappa shape index (κ2) is 10.1. The number of nitrogens with zero attached hydrogens (tertiary/aromatic N) is 1. The van der Waals surface area contributed by atoms with E-state index in [1.807, 2.05) is 7.05 Å². The van der Waals surface area contributed by atoms with E-state index in [0.717, 1.165) is 31.4 Å². The van der Waals surface area contributed by atoms with Gasteiger partial charge in [-0.05, 0) is 49.1 Å². The van der Waals surface area contributed by atoms with Gasteiger partial charge in [-0.2, -0.15) is 0 Å². The molecular weight excluding hydrogens is 336 g/mol. The van der Waals surface area contributed by atoms with Crippen LogP contribution >= 0.6 is 0 Å². The van der Waals surface area contributed by atoms with Gasteiger partial charge in [-0.15, -0.1) is 0 Å². The van der Waals surface area contributed by atoms with E-state index < -0.39 is 0 Å². The van der Waals surface area contributed by atoms with Crippen molar-refractivity contribution in [1.82, 2.24) is 5.32 Å². The van der Waals surface area contributed by atoms with Crippen molar-refractivity contribution in [2.75, 3.05) is 26.1 Å². The van der Waals surface area contributed by atoms with Crippen LogP contribution in [0.1, 0.15) is 42.9 Å². The molecule has 146 valence electrons. The average Bonchev–Trinajstić information content (AvgIpc) is 2.68. The number of carbonyl (C=O) groups is 1. The summed E-state index contributed by atoms with van der Waals surface area (Å²) in [5.41, 5.74) is 4.94. The van der Waals surface area contributed by atoms with Gasteiger partial charge < -0.3 is 19.7 Å². The van der Waals surface area contributed by atoms with Crippen LogP contribution in [0.15, 0.2) is 42.5 Å². The van der Waals surface area contributed by atoms with Crippen LogP contribution in [-0.2, 0) is 17.8 Å². The number of nitrogens with one attached hydrogen (secondary N) is 1. The number of anilines is 1. The Morgan fingerprint density at radius 3 is 2.52 bits per heavy atom. The molecule has 2 aromatic carbocycles. The van der Waals surface area contributed by atoms with E-state index in [0.29, 0.717) is 5.92 Å². The van der Waals surface area contributed by atoms with Gasteiger partial charge in [0.2, 0.25) is 0 Å². The van der Waals surface area contributed by atoms with E-state index >= 15 is 0 Å². The normalized spacial score (nSPS) is 12.1. The first kappa shape index (κ1) is 21.0. The minimum absolute atomic E-state index is 0.105. The Morgan fingerprint density at radius 2 is 1.89 bits per heavy atom. The third kappa shape index (κ3) is 5.57. The molecule has 4 heteroatoms. The molecule has 0 aliphatic heterocycles. The summed E-state index contributed by atoms with van der Waals surface area (Å²) in [7, 11) is 5.65. The zero-order chi connectivity index (χ0) is 19.8. The van der Waals surface area contributed by atoms with Crippen molar-refractivity contribution in [2.24, 2.45) is 0 Å². The Kier molecular flexibility index (Phi) is 7.86. The lowest BCUT2D eigenvalue weighted by Crippen LogP contribution is -2.27. The molecule has 0 spiro atoms. The highest BCUT2D eigenvalue weighted by molar-refractivity contribution is 5.58. The maximum Gasteiger partial charge on any atom is 0.136 e. The molecule has 1 atom stereocenters. The molecule has 4 nitrogen and oxygen atoms in total. The lowest BCUT2D eigenvalue weighted by atomic mass is 9.99. The van der Waals surface area contributed by atoms with Crippen LogP contribution in [0.3, 0.4) is 0 Å². The van der Waals surface area contributed by atoms with Crippen molar-refractivity contribution < 1.29 is 9.53 Å². The van der Waals surface area contributed by atoms with Crippen LogP contribution in [0.4, 0.5) is 5.69 Å². The molecule has 1 unspecified atom stereocenters. The Labute approximate surface area is 163 Å². The van der Waals surface area contributed by atoms with Gasteiger partial charge in [0.05, 0.1) is 13.2 Å². The van der Waals surface area contributed by atoms with Gasteiger partial charge in [0.25, 0.3) is 0 Å². The summed E-state index contributed by atoms with van der Waals surface area (Å²) in [6.45, 7) is 5.18. The Bertz CT molecular complexity index is 743. The summed E-state index contributed by atoms with van der Waals surface area (Å²) in [4.78, 5) is 13.3. The second-order valence-corrected chi connectivity index (χ2v) is 7.28. The Hall–Kier alpha value is -2.33. The third-order valence-corrected chi connectivity index (χ3v) is 5.04. The van der Waals surface area contributed by atoms with Crippen LogP contribution in [0.25, 0.3) is 0 Å². The largest absolute Gasteiger partial charge is 0.496 e. The van der Waals surface area contributed by atoms with E-state index in [2.05, 4.69) is 73.6 Å². The molecule has 0 bridgehead atoms.